The van der Waals surface area contributed by atoms with Gasteiger partial charge in [0.15, 0.2) is 0 Å². The molecule has 0 aliphatic rings. The molecule has 1 aromatic carbocycles. The summed E-state index contributed by atoms with van der Waals surface area (Å²) in [6.07, 6.45) is -5.67. The van der Waals surface area contributed by atoms with E-state index in [9.17, 15) is 27.1 Å². The van der Waals surface area contributed by atoms with Crippen LogP contribution in [0.2, 0.25) is 0 Å². The minimum atomic E-state index is -4.26. The Labute approximate surface area is 108 Å². The minimum Gasteiger partial charge on any atom is -0.390 e. The van der Waals surface area contributed by atoms with Crippen molar-refractivity contribution < 1.29 is 27.1 Å². The lowest BCUT2D eigenvalue weighted by atomic mass is 9.91. The molecule has 1 aromatic rings. The van der Waals surface area contributed by atoms with Crippen molar-refractivity contribution in [1.82, 2.24) is 0 Å². The number of hydrogen-bond acceptors (Lipinski definition) is 1. The van der Waals surface area contributed by atoms with Crippen LogP contribution in [-0.2, 0) is 6.42 Å². The summed E-state index contributed by atoms with van der Waals surface area (Å²) < 4.78 is 61.8. The highest BCUT2D eigenvalue weighted by Gasteiger charge is 2.29. The van der Waals surface area contributed by atoms with Crippen molar-refractivity contribution in [1.29, 1.82) is 0 Å². The van der Waals surface area contributed by atoms with Gasteiger partial charge in [0, 0.05) is 18.9 Å². The Kier molecular flexibility index (Phi) is 4.90. The summed E-state index contributed by atoms with van der Waals surface area (Å²) in [5.74, 6) is -1.55. The van der Waals surface area contributed by atoms with Crippen LogP contribution in [0.3, 0.4) is 0 Å². The normalized spacial score (nSPS) is 15.3. The van der Waals surface area contributed by atoms with Crippen LogP contribution in [0, 0.1) is 11.6 Å². The molecule has 0 aliphatic heterocycles. The number of aliphatic hydroxyl groups is 1. The van der Waals surface area contributed by atoms with Gasteiger partial charge in [0.05, 0.1) is 5.60 Å². The first-order valence-electron chi connectivity index (χ1n) is 5.81. The van der Waals surface area contributed by atoms with Crippen molar-refractivity contribution in [2.24, 2.45) is 0 Å². The van der Waals surface area contributed by atoms with E-state index in [1.165, 1.54) is 6.92 Å². The lowest BCUT2D eigenvalue weighted by molar-refractivity contribution is -0.137. The van der Waals surface area contributed by atoms with Crippen LogP contribution in [0.15, 0.2) is 18.2 Å². The molecule has 0 fully saturated rings. The molecule has 6 heteroatoms. The van der Waals surface area contributed by atoms with Gasteiger partial charge in [-0.3, -0.25) is 0 Å². The summed E-state index contributed by atoms with van der Waals surface area (Å²) in [4.78, 5) is 0. The van der Waals surface area contributed by atoms with E-state index in [2.05, 4.69) is 0 Å². The fourth-order valence-electron chi connectivity index (χ4n) is 1.91. The molecule has 0 aromatic heterocycles. The molecule has 0 saturated heterocycles. The Bertz CT molecular complexity index is 405. The Morgan fingerprint density at radius 1 is 1.00 bits per heavy atom. The zero-order valence-electron chi connectivity index (χ0n) is 10.4. The average Bonchev–Trinajstić information content (AvgIpc) is 2.11. The number of alkyl halides is 3. The van der Waals surface area contributed by atoms with Gasteiger partial charge in [-0.1, -0.05) is 0 Å². The Morgan fingerprint density at radius 3 is 2.00 bits per heavy atom. The molecule has 0 bridgehead atoms. The quantitative estimate of drug-likeness (QED) is 0.810. The molecule has 0 saturated carbocycles. The summed E-state index contributed by atoms with van der Waals surface area (Å²) in [5, 5.41) is 9.93. The monoisotopic (exact) mass is 282 g/mol. The molecule has 1 rings (SSSR count). The topological polar surface area (TPSA) is 20.2 Å². The molecular formula is C13H15F5O. The molecule has 1 N–H and O–H groups in total. The van der Waals surface area contributed by atoms with Gasteiger partial charge < -0.3 is 5.11 Å². The molecule has 0 aliphatic carbocycles. The molecule has 1 nitrogen and oxygen atoms in total. The van der Waals surface area contributed by atoms with Crippen LogP contribution in [0.4, 0.5) is 22.0 Å². The maximum atomic E-state index is 12.9. The molecule has 19 heavy (non-hydrogen) atoms. The highest BCUT2D eigenvalue weighted by Crippen LogP contribution is 2.26. The van der Waals surface area contributed by atoms with Gasteiger partial charge in [-0.15, -0.1) is 0 Å². The third-order valence-electron chi connectivity index (χ3n) is 2.68. The van der Waals surface area contributed by atoms with Crippen LogP contribution < -0.4 is 0 Å². The smallest absolute Gasteiger partial charge is 0.389 e. The zero-order chi connectivity index (χ0) is 14.7. The maximum absolute atomic E-state index is 12.9. The van der Waals surface area contributed by atoms with Gasteiger partial charge in [0.1, 0.15) is 11.6 Å². The van der Waals surface area contributed by atoms with Gasteiger partial charge in [-0.2, -0.15) is 13.2 Å². The predicted octanol–water partition coefficient (Wildman–Crippen LogP) is 3.99. The van der Waals surface area contributed by atoms with Crippen molar-refractivity contribution >= 4 is 0 Å². The summed E-state index contributed by atoms with van der Waals surface area (Å²) in [6, 6.07) is 2.81. The van der Waals surface area contributed by atoms with E-state index in [4.69, 9.17) is 0 Å². The Hall–Kier alpha value is -1.17. The SMILES string of the molecule is CC(O)(CCCC(F)(F)F)Cc1cc(F)cc(F)c1. The highest BCUT2D eigenvalue weighted by molar-refractivity contribution is 5.19. The third-order valence-corrected chi connectivity index (χ3v) is 2.68. The first kappa shape index (κ1) is 15.9. The molecule has 0 radical (unpaired) electrons. The van der Waals surface area contributed by atoms with E-state index in [0.717, 1.165) is 12.1 Å². The summed E-state index contributed by atoms with van der Waals surface area (Å²) in [7, 11) is 0. The van der Waals surface area contributed by atoms with Crippen molar-refractivity contribution in [2.45, 2.75) is 44.4 Å². The molecule has 108 valence electrons. The van der Waals surface area contributed by atoms with Gasteiger partial charge in [0.25, 0.3) is 0 Å². The fourth-order valence-corrected chi connectivity index (χ4v) is 1.91. The second kappa shape index (κ2) is 5.86. The van der Waals surface area contributed by atoms with Crippen LogP contribution >= 0.6 is 0 Å². The maximum Gasteiger partial charge on any atom is 0.389 e. The molecule has 1 unspecified atom stereocenters. The molecule has 1 atom stereocenters. The minimum absolute atomic E-state index is 0.0926. The third kappa shape index (κ3) is 6.52. The van der Waals surface area contributed by atoms with Crippen molar-refractivity contribution in [2.75, 3.05) is 0 Å². The summed E-state index contributed by atoms with van der Waals surface area (Å²) >= 11 is 0. The number of benzene rings is 1. The number of hydrogen-bond donors (Lipinski definition) is 1. The zero-order valence-corrected chi connectivity index (χ0v) is 10.4. The Morgan fingerprint density at radius 2 is 1.53 bits per heavy atom. The molecule has 0 heterocycles. The van der Waals surface area contributed by atoms with Crippen LogP contribution in [0.1, 0.15) is 31.7 Å². The van der Waals surface area contributed by atoms with E-state index >= 15 is 0 Å². The first-order valence-corrected chi connectivity index (χ1v) is 5.81. The van der Waals surface area contributed by atoms with Crippen LogP contribution in [0.25, 0.3) is 0 Å². The van der Waals surface area contributed by atoms with Gasteiger partial charge in [0.2, 0.25) is 0 Å². The van der Waals surface area contributed by atoms with E-state index in [1.807, 2.05) is 0 Å². The van der Waals surface area contributed by atoms with E-state index in [-0.39, 0.29) is 24.8 Å². The highest BCUT2D eigenvalue weighted by atomic mass is 19.4. The molecule has 0 amide bonds. The van der Waals surface area contributed by atoms with Gasteiger partial charge in [-0.05, 0) is 37.5 Å². The number of rotatable bonds is 5. The van der Waals surface area contributed by atoms with Crippen molar-refractivity contribution in [3.8, 4) is 0 Å². The van der Waals surface area contributed by atoms with E-state index < -0.39 is 29.8 Å². The standard InChI is InChI=1S/C13H15F5O/c1-12(19,3-2-4-13(16,17)18)8-9-5-10(14)7-11(15)6-9/h5-7,19H,2-4,8H2,1H3. The largest absolute Gasteiger partial charge is 0.390 e. The van der Waals surface area contributed by atoms with E-state index in [1.54, 1.807) is 0 Å². The summed E-state index contributed by atoms with van der Waals surface area (Å²) in [5.41, 5.74) is -1.21. The lowest BCUT2D eigenvalue weighted by Crippen LogP contribution is -2.27. The molecule has 0 spiro atoms. The van der Waals surface area contributed by atoms with E-state index in [0.29, 0.717) is 6.07 Å². The molecular weight excluding hydrogens is 267 g/mol. The summed E-state index contributed by atoms with van der Waals surface area (Å²) in [6.45, 7) is 1.35. The van der Waals surface area contributed by atoms with Crippen LogP contribution in [-0.4, -0.2) is 16.9 Å². The fraction of sp³-hybridized carbons (Fsp3) is 0.538. The predicted molar refractivity (Wildman–Crippen MR) is 60.6 cm³/mol. The lowest BCUT2D eigenvalue weighted by Gasteiger charge is -2.23. The van der Waals surface area contributed by atoms with Gasteiger partial charge in [-0.25, -0.2) is 8.78 Å². The van der Waals surface area contributed by atoms with Gasteiger partial charge >= 0.3 is 6.18 Å². The van der Waals surface area contributed by atoms with Crippen LogP contribution in [0.5, 0.6) is 0 Å². The van der Waals surface area contributed by atoms with Crippen molar-refractivity contribution in [3.63, 3.8) is 0 Å². The van der Waals surface area contributed by atoms with Crippen molar-refractivity contribution in [3.05, 3.63) is 35.4 Å². The Balaban J connectivity index is 2.58. The average molecular weight is 282 g/mol. The number of halogens is 5. The second-order valence-electron chi connectivity index (χ2n) is 4.92. The first-order chi connectivity index (χ1) is 8.57. The second-order valence-corrected chi connectivity index (χ2v) is 4.92.